The number of carbonyl (C=O) groups is 4. The van der Waals surface area contributed by atoms with Gasteiger partial charge in [-0.05, 0) is 73.0 Å². The maximum absolute atomic E-state index is 12.8. The first-order valence-electron chi connectivity index (χ1n) is 12.5. The second kappa shape index (κ2) is 13.3. The van der Waals surface area contributed by atoms with E-state index in [1.54, 1.807) is 66.7 Å². The smallest absolute Gasteiger partial charge is 0.343 e. The summed E-state index contributed by atoms with van der Waals surface area (Å²) in [5, 5.41) is 9.71. The van der Waals surface area contributed by atoms with Crippen LogP contribution in [0.1, 0.15) is 58.4 Å². The lowest BCUT2D eigenvalue weighted by molar-refractivity contribution is -0.136. The minimum atomic E-state index is -0.999. The van der Waals surface area contributed by atoms with Gasteiger partial charge < -0.3 is 15.4 Å². The first-order chi connectivity index (χ1) is 18.9. The van der Waals surface area contributed by atoms with Gasteiger partial charge >= 0.3 is 17.8 Å². The van der Waals surface area contributed by atoms with Crippen LogP contribution in [0.4, 0.5) is 5.69 Å². The van der Waals surface area contributed by atoms with Crippen molar-refractivity contribution in [2.24, 2.45) is 5.10 Å². The highest BCUT2D eigenvalue weighted by atomic mass is 35.5. The number of amides is 3. The molecule has 1 saturated carbocycles. The highest BCUT2D eigenvalue weighted by Gasteiger charge is 2.21. The van der Waals surface area contributed by atoms with Crippen molar-refractivity contribution in [1.82, 2.24) is 10.7 Å². The van der Waals surface area contributed by atoms with Crippen LogP contribution in [-0.2, 0) is 9.59 Å². The molecule has 1 fully saturated rings. The minimum absolute atomic E-state index is 0.108. The van der Waals surface area contributed by atoms with Gasteiger partial charge in [-0.1, -0.05) is 49.1 Å². The van der Waals surface area contributed by atoms with Crippen LogP contribution in [0.2, 0.25) is 5.02 Å². The molecule has 1 aliphatic rings. The second-order valence-corrected chi connectivity index (χ2v) is 9.41. The molecule has 1 aliphatic carbocycles. The average molecular weight is 547 g/mol. The number of nitrogens with zero attached hydrogens (tertiary/aromatic N) is 1. The molecular formula is C29H27ClN4O5. The molecule has 0 unspecified atom stereocenters. The second-order valence-electron chi connectivity index (χ2n) is 8.98. The Labute approximate surface area is 230 Å². The molecule has 0 bridgehead atoms. The summed E-state index contributed by atoms with van der Waals surface area (Å²) >= 11 is 5.90. The molecule has 3 aromatic rings. The van der Waals surface area contributed by atoms with E-state index in [-0.39, 0.29) is 23.2 Å². The number of hydrogen-bond acceptors (Lipinski definition) is 6. The fourth-order valence-electron chi connectivity index (χ4n) is 4.10. The Kier molecular flexibility index (Phi) is 9.42. The maximum atomic E-state index is 12.8. The number of hydrogen-bond donors (Lipinski definition) is 3. The zero-order valence-corrected chi connectivity index (χ0v) is 21.7. The number of carbonyl (C=O) groups excluding carboxylic acids is 4. The molecule has 9 nitrogen and oxygen atoms in total. The molecular weight excluding hydrogens is 520 g/mol. The van der Waals surface area contributed by atoms with E-state index < -0.39 is 17.8 Å². The van der Waals surface area contributed by atoms with Crippen LogP contribution in [0.3, 0.4) is 0 Å². The van der Waals surface area contributed by atoms with Crippen molar-refractivity contribution in [2.45, 2.75) is 38.1 Å². The van der Waals surface area contributed by atoms with E-state index in [1.165, 1.54) is 18.7 Å². The van der Waals surface area contributed by atoms with Crippen LogP contribution in [0.25, 0.3) is 0 Å². The number of nitrogens with one attached hydrogen (secondary N) is 3. The average Bonchev–Trinajstić information content (AvgIpc) is 2.94. The minimum Gasteiger partial charge on any atom is -0.423 e. The van der Waals surface area contributed by atoms with Gasteiger partial charge in [0.2, 0.25) is 0 Å². The number of esters is 1. The highest BCUT2D eigenvalue weighted by molar-refractivity contribution is 6.40. The number of para-hydroxylation sites is 1. The van der Waals surface area contributed by atoms with Crippen molar-refractivity contribution in [3.8, 4) is 5.75 Å². The Hall–Kier alpha value is -4.50. The van der Waals surface area contributed by atoms with Crippen molar-refractivity contribution in [3.63, 3.8) is 0 Å². The first-order valence-corrected chi connectivity index (χ1v) is 12.9. The predicted molar refractivity (Wildman–Crippen MR) is 148 cm³/mol. The molecule has 3 amide bonds. The zero-order chi connectivity index (χ0) is 27.6. The molecule has 200 valence electrons. The van der Waals surface area contributed by atoms with E-state index >= 15 is 0 Å². The third kappa shape index (κ3) is 7.99. The van der Waals surface area contributed by atoms with Crippen molar-refractivity contribution in [2.75, 3.05) is 5.32 Å². The SMILES string of the molecule is O=C(NN=Cc1ccc(OC(=O)c2cccc(Cl)c2)cc1)C(=O)Nc1ccccc1C(=O)NC1CCCCC1. The Morgan fingerprint density at radius 2 is 1.62 bits per heavy atom. The molecule has 0 saturated heterocycles. The predicted octanol–water partition coefficient (Wildman–Crippen LogP) is 4.71. The third-order valence-corrected chi connectivity index (χ3v) is 6.33. The van der Waals surface area contributed by atoms with Gasteiger partial charge in [0, 0.05) is 11.1 Å². The van der Waals surface area contributed by atoms with Gasteiger partial charge in [0.05, 0.1) is 23.0 Å². The van der Waals surface area contributed by atoms with E-state index in [0.717, 1.165) is 25.7 Å². The van der Waals surface area contributed by atoms with Crippen LogP contribution in [-0.4, -0.2) is 35.9 Å². The van der Waals surface area contributed by atoms with Crippen LogP contribution < -0.4 is 20.8 Å². The summed E-state index contributed by atoms with van der Waals surface area (Å²) in [5.41, 5.74) is 3.58. The Morgan fingerprint density at radius 3 is 2.36 bits per heavy atom. The quantitative estimate of drug-likeness (QED) is 0.130. The van der Waals surface area contributed by atoms with E-state index in [2.05, 4.69) is 21.2 Å². The largest absolute Gasteiger partial charge is 0.423 e. The monoisotopic (exact) mass is 546 g/mol. The van der Waals surface area contributed by atoms with Gasteiger partial charge in [0.15, 0.2) is 0 Å². The van der Waals surface area contributed by atoms with Crippen molar-refractivity contribution in [3.05, 3.63) is 94.5 Å². The van der Waals surface area contributed by atoms with E-state index in [9.17, 15) is 19.2 Å². The summed E-state index contributed by atoms with van der Waals surface area (Å²) in [6.45, 7) is 0. The summed E-state index contributed by atoms with van der Waals surface area (Å²) in [6, 6.07) is 19.4. The fraction of sp³-hybridized carbons (Fsp3) is 0.207. The molecule has 0 aliphatic heterocycles. The van der Waals surface area contributed by atoms with Crippen LogP contribution in [0.5, 0.6) is 5.75 Å². The van der Waals surface area contributed by atoms with E-state index in [4.69, 9.17) is 16.3 Å². The van der Waals surface area contributed by atoms with Gasteiger partial charge in [-0.2, -0.15) is 5.10 Å². The number of hydrazone groups is 1. The molecule has 3 aromatic carbocycles. The zero-order valence-electron chi connectivity index (χ0n) is 21.0. The summed E-state index contributed by atoms with van der Waals surface area (Å²) in [6.07, 6.45) is 6.51. The van der Waals surface area contributed by atoms with E-state index in [1.807, 2.05) is 0 Å². The van der Waals surface area contributed by atoms with Gasteiger partial charge in [-0.3, -0.25) is 14.4 Å². The number of anilines is 1. The lowest BCUT2D eigenvalue weighted by Crippen LogP contribution is -2.37. The summed E-state index contributed by atoms with van der Waals surface area (Å²) in [5.74, 6) is -2.50. The Morgan fingerprint density at radius 1 is 0.872 bits per heavy atom. The molecule has 0 heterocycles. The molecule has 0 atom stereocenters. The summed E-state index contributed by atoms with van der Waals surface area (Å²) < 4.78 is 5.32. The number of benzene rings is 3. The molecule has 0 spiro atoms. The summed E-state index contributed by atoms with van der Waals surface area (Å²) in [7, 11) is 0. The lowest BCUT2D eigenvalue weighted by Gasteiger charge is -2.23. The summed E-state index contributed by atoms with van der Waals surface area (Å²) in [4.78, 5) is 49.7. The van der Waals surface area contributed by atoms with Crippen molar-refractivity contribution < 1.29 is 23.9 Å². The van der Waals surface area contributed by atoms with Gasteiger partial charge in [-0.25, -0.2) is 10.2 Å². The van der Waals surface area contributed by atoms with E-state index in [0.29, 0.717) is 21.9 Å². The van der Waals surface area contributed by atoms with Gasteiger partial charge in [-0.15, -0.1) is 0 Å². The van der Waals surface area contributed by atoms with Crippen LogP contribution in [0, 0.1) is 0 Å². The van der Waals surface area contributed by atoms with Crippen LogP contribution in [0.15, 0.2) is 77.9 Å². The van der Waals surface area contributed by atoms with Gasteiger partial charge in [0.25, 0.3) is 5.91 Å². The third-order valence-electron chi connectivity index (χ3n) is 6.10. The topological polar surface area (TPSA) is 126 Å². The number of ether oxygens (including phenoxy) is 1. The molecule has 0 aromatic heterocycles. The van der Waals surface area contributed by atoms with Crippen LogP contribution >= 0.6 is 11.6 Å². The number of rotatable bonds is 7. The van der Waals surface area contributed by atoms with Crippen molar-refractivity contribution >= 4 is 47.2 Å². The van der Waals surface area contributed by atoms with Gasteiger partial charge in [0.1, 0.15) is 5.75 Å². The Bertz CT molecular complexity index is 1380. The molecule has 3 N–H and O–H groups in total. The molecule has 4 rings (SSSR count). The highest BCUT2D eigenvalue weighted by Crippen LogP contribution is 2.20. The first kappa shape index (κ1) is 27.5. The normalized spacial score (nSPS) is 13.5. The fourth-order valence-corrected chi connectivity index (χ4v) is 4.29. The molecule has 39 heavy (non-hydrogen) atoms. The maximum Gasteiger partial charge on any atom is 0.343 e. The molecule has 0 radical (unpaired) electrons. The number of halogens is 1. The Balaban J connectivity index is 1.28. The molecule has 10 heteroatoms. The lowest BCUT2D eigenvalue weighted by atomic mass is 9.95. The van der Waals surface area contributed by atoms with Crippen molar-refractivity contribution in [1.29, 1.82) is 0 Å². The standard InChI is InChI=1S/C29H27ClN4O5/c30-21-8-6-7-20(17-21)29(38)39-23-15-13-19(14-16-23)18-31-34-28(37)27(36)33-25-12-5-4-11-24(25)26(35)32-22-9-2-1-3-10-22/h4-8,11-18,22H,1-3,9-10H2,(H,32,35)(H,33,36)(H,34,37).